The number of likely N-dealkylation sites (tertiary alicyclic amines) is 1. The second-order valence-electron chi connectivity index (χ2n) is 10.5. The molecule has 1 saturated heterocycles. The normalized spacial score (nSPS) is 34.1. The van der Waals surface area contributed by atoms with E-state index < -0.39 is 11.0 Å². The van der Waals surface area contributed by atoms with Gasteiger partial charge in [0.15, 0.2) is 5.78 Å². The molecule has 0 aromatic heterocycles. The molecule has 2 saturated carbocycles. The van der Waals surface area contributed by atoms with Crippen molar-refractivity contribution < 1.29 is 15.0 Å². The molecule has 5 heteroatoms. The summed E-state index contributed by atoms with van der Waals surface area (Å²) in [5, 5.41) is 26.2. The second kappa shape index (κ2) is 7.41. The Balaban J connectivity index is 1.36. The Hall–Kier alpha value is -2.21. The number of carbonyl (C=O) groups excluding carboxylic acids is 1. The van der Waals surface area contributed by atoms with Crippen molar-refractivity contribution in [3.05, 3.63) is 65.2 Å². The molecule has 1 heterocycles. The van der Waals surface area contributed by atoms with Crippen LogP contribution in [0, 0.1) is 5.92 Å². The fourth-order valence-electron chi connectivity index (χ4n) is 6.78. The predicted molar refractivity (Wildman–Crippen MR) is 122 cm³/mol. The van der Waals surface area contributed by atoms with Crippen LogP contribution in [0.1, 0.15) is 48.8 Å². The highest BCUT2D eigenvalue weighted by Gasteiger charge is 2.66. The number of phenols is 1. The third-order valence-corrected chi connectivity index (χ3v) is 8.63. The van der Waals surface area contributed by atoms with Gasteiger partial charge >= 0.3 is 0 Å². The molecule has 0 amide bonds. The van der Waals surface area contributed by atoms with E-state index in [9.17, 15) is 15.0 Å². The van der Waals surface area contributed by atoms with Gasteiger partial charge in [0.05, 0.1) is 11.6 Å². The lowest BCUT2D eigenvalue weighted by molar-refractivity contribution is -0.177. The van der Waals surface area contributed by atoms with E-state index in [1.807, 2.05) is 30.3 Å². The molecule has 2 bridgehead atoms. The molecule has 5 nitrogen and oxygen atoms in total. The Morgan fingerprint density at radius 1 is 1.12 bits per heavy atom. The number of ketones is 1. The van der Waals surface area contributed by atoms with Crippen LogP contribution in [0.2, 0.25) is 0 Å². The fraction of sp³-hybridized carbons (Fsp3) is 0.519. The number of aromatic hydroxyl groups is 1. The van der Waals surface area contributed by atoms with Crippen molar-refractivity contribution in [1.82, 2.24) is 10.2 Å². The topological polar surface area (TPSA) is 72.8 Å². The number of nitrogens with zero attached hydrogens (tertiary/aromatic N) is 1. The highest BCUT2D eigenvalue weighted by Crippen LogP contribution is 2.58. The zero-order chi connectivity index (χ0) is 21.9. The largest absolute Gasteiger partial charge is 0.508 e. The predicted octanol–water partition coefficient (Wildman–Crippen LogP) is 2.92. The number of hydrogen-bond donors (Lipinski definition) is 3. The molecular weight excluding hydrogens is 400 g/mol. The van der Waals surface area contributed by atoms with Gasteiger partial charge in [-0.2, -0.15) is 0 Å². The zero-order valence-electron chi connectivity index (χ0n) is 18.5. The van der Waals surface area contributed by atoms with Crippen molar-refractivity contribution in [1.29, 1.82) is 0 Å². The Kier molecular flexibility index (Phi) is 4.72. The molecule has 4 atom stereocenters. The first-order chi connectivity index (χ1) is 15.5. The van der Waals surface area contributed by atoms with Gasteiger partial charge in [-0.3, -0.25) is 9.69 Å². The third-order valence-electron chi connectivity index (χ3n) is 8.63. The summed E-state index contributed by atoms with van der Waals surface area (Å²) in [6.07, 6.45) is 4.88. The minimum atomic E-state index is -0.983. The molecule has 0 radical (unpaired) electrons. The molecule has 2 aromatic rings. The lowest BCUT2D eigenvalue weighted by Crippen LogP contribution is -2.75. The van der Waals surface area contributed by atoms with E-state index in [4.69, 9.17) is 0 Å². The highest BCUT2D eigenvalue weighted by atomic mass is 16.3. The third kappa shape index (κ3) is 3.13. The van der Waals surface area contributed by atoms with E-state index in [1.165, 1.54) is 18.4 Å². The van der Waals surface area contributed by atoms with E-state index in [0.29, 0.717) is 19.4 Å². The Labute approximate surface area is 189 Å². The van der Waals surface area contributed by atoms with E-state index in [0.717, 1.165) is 43.0 Å². The molecule has 168 valence electrons. The monoisotopic (exact) mass is 432 g/mol. The number of phenolic OH excluding ortho intramolecular Hbond substituents is 1. The summed E-state index contributed by atoms with van der Waals surface area (Å²) in [5.41, 5.74) is 1.73. The van der Waals surface area contributed by atoms with Crippen molar-refractivity contribution >= 4 is 5.78 Å². The second-order valence-corrected chi connectivity index (χ2v) is 10.5. The van der Waals surface area contributed by atoms with Gasteiger partial charge in [-0.15, -0.1) is 0 Å². The summed E-state index contributed by atoms with van der Waals surface area (Å²) in [5.74, 6) is 1.15. The standard InChI is InChI=1S/C27H32N2O3/c30-21-9-8-20-12-25-27(32)14-23(28-16-18-4-2-1-3-5-18)24(31)15-26(27,22(20)13-21)10-11-29(25)17-19-6-7-19/h1-5,8-9,13,19,23,25,28,30,32H,6-7,10-12,14-17H2/t23-,25+,26+,27+/m0/s1. The number of benzene rings is 2. The number of carbonyl (C=O) groups is 1. The number of rotatable bonds is 5. The number of nitrogens with one attached hydrogen (secondary N) is 1. The summed E-state index contributed by atoms with van der Waals surface area (Å²) < 4.78 is 0. The van der Waals surface area contributed by atoms with Gasteiger partial charge < -0.3 is 15.5 Å². The maximum Gasteiger partial charge on any atom is 0.150 e. The van der Waals surface area contributed by atoms with Crippen LogP contribution in [0.3, 0.4) is 0 Å². The molecule has 1 aliphatic heterocycles. The maximum absolute atomic E-state index is 13.4. The lowest BCUT2D eigenvalue weighted by atomic mass is 9.48. The smallest absolute Gasteiger partial charge is 0.150 e. The Bertz CT molecular complexity index is 1040. The van der Waals surface area contributed by atoms with Crippen LogP contribution in [0.25, 0.3) is 0 Å². The number of fused-ring (bicyclic) bond motifs is 1. The number of aliphatic hydroxyl groups is 1. The summed E-state index contributed by atoms with van der Waals surface area (Å²) in [6, 6.07) is 15.4. The summed E-state index contributed by atoms with van der Waals surface area (Å²) >= 11 is 0. The summed E-state index contributed by atoms with van der Waals surface area (Å²) in [6.45, 7) is 2.58. The van der Waals surface area contributed by atoms with E-state index in [1.54, 1.807) is 6.07 Å². The van der Waals surface area contributed by atoms with Gasteiger partial charge in [-0.05, 0) is 67.0 Å². The van der Waals surface area contributed by atoms with Crippen molar-refractivity contribution in [2.45, 2.75) is 68.2 Å². The minimum Gasteiger partial charge on any atom is -0.508 e. The number of hydrogen-bond acceptors (Lipinski definition) is 5. The van der Waals surface area contributed by atoms with Crippen LogP contribution in [-0.4, -0.2) is 51.7 Å². The number of Topliss-reactive ketones (excluding diaryl/α,β-unsaturated/α-hetero) is 1. The highest BCUT2D eigenvalue weighted by molar-refractivity contribution is 5.87. The quantitative estimate of drug-likeness (QED) is 0.678. The van der Waals surface area contributed by atoms with Crippen LogP contribution in [-0.2, 0) is 23.2 Å². The fourth-order valence-corrected chi connectivity index (χ4v) is 6.78. The van der Waals surface area contributed by atoms with Gasteiger partial charge in [0.1, 0.15) is 5.75 Å². The molecule has 3 fully saturated rings. The van der Waals surface area contributed by atoms with Crippen LogP contribution in [0.5, 0.6) is 5.75 Å². The first kappa shape index (κ1) is 20.4. The Morgan fingerprint density at radius 2 is 1.94 bits per heavy atom. The average molecular weight is 433 g/mol. The minimum absolute atomic E-state index is 0.0167. The van der Waals surface area contributed by atoms with E-state index in [2.05, 4.69) is 22.3 Å². The van der Waals surface area contributed by atoms with Gasteiger partial charge in [-0.25, -0.2) is 0 Å². The summed E-state index contributed by atoms with van der Waals surface area (Å²) in [4.78, 5) is 15.9. The molecule has 6 rings (SSSR count). The van der Waals surface area contributed by atoms with Gasteiger partial charge in [0, 0.05) is 37.4 Å². The van der Waals surface area contributed by atoms with Crippen LogP contribution >= 0.6 is 0 Å². The SMILES string of the molecule is O=C1C[C@]23CCN(CC4CC4)[C@H](Cc4ccc(O)cc42)[C@]3(O)C[C@@H]1NCc1ccccc1. The van der Waals surface area contributed by atoms with Crippen molar-refractivity contribution in [3.8, 4) is 5.75 Å². The first-order valence-electron chi connectivity index (χ1n) is 12.1. The van der Waals surface area contributed by atoms with Gasteiger partial charge in [-0.1, -0.05) is 36.4 Å². The average Bonchev–Trinajstić information content (AvgIpc) is 3.60. The lowest BCUT2D eigenvalue weighted by Gasteiger charge is -2.64. The number of piperidine rings is 1. The molecule has 3 N–H and O–H groups in total. The van der Waals surface area contributed by atoms with E-state index >= 15 is 0 Å². The van der Waals surface area contributed by atoms with Crippen molar-refractivity contribution in [2.75, 3.05) is 13.1 Å². The maximum atomic E-state index is 13.4. The Morgan fingerprint density at radius 3 is 2.72 bits per heavy atom. The molecule has 3 aliphatic carbocycles. The van der Waals surface area contributed by atoms with Crippen LogP contribution in [0.4, 0.5) is 0 Å². The molecule has 4 aliphatic rings. The molecular formula is C27H32N2O3. The van der Waals surface area contributed by atoms with Crippen molar-refractivity contribution in [2.24, 2.45) is 5.92 Å². The van der Waals surface area contributed by atoms with Crippen LogP contribution < -0.4 is 5.32 Å². The van der Waals surface area contributed by atoms with Gasteiger partial charge in [0.25, 0.3) is 0 Å². The summed E-state index contributed by atoms with van der Waals surface area (Å²) in [7, 11) is 0. The van der Waals surface area contributed by atoms with E-state index in [-0.39, 0.29) is 23.6 Å². The molecule has 2 aromatic carbocycles. The molecule has 0 spiro atoms. The first-order valence-corrected chi connectivity index (χ1v) is 12.1. The van der Waals surface area contributed by atoms with Crippen molar-refractivity contribution in [3.63, 3.8) is 0 Å². The zero-order valence-corrected chi connectivity index (χ0v) is 18.5. The molecule has 32 heavy (non-hydrogen) atoms. The van der Waals surface area contributed by atoms with Gasteiger partial charge in [0.2, 0.25) is 0 Å². The molecule has 0 unspecified atom stereocenters. The van der Waals surface area contributed by atoms with Crippen LogP contribution in [0.15, 0.2) is 48.5 Å².